The molecule has 1 amide bonds. The number of alkyl halides is 3. The van der Waals surface area contributed by atoms with Crippen LogP contribution in [0.25, 0.3) is 0 Å². The van der Waals surface area contributed by atoms with E-state index in [0.717, 1.165) is 23.3 Å². The van der Waals surface area contributed by atoms with E-state index in [1.54, 1.807) is 12.1 Å². The standard InChI is InChI=1S/C21H20F3NO4/c1-13-7-8-15(11-14(13)2)18(26)9-10-20(28)29-12-19(27)25-17-6-4-3-5-16(17)21(22,23)24/h3-8,11H,9-10,12H2,1-2H3,(H,25,27). The molecule has 2 aromatic rings. The number of amides is 1. The number of carbonyl (C=O) groups is 3. The first-order chi connectivity index (χ1) is 13.6. The van der Waals surface area contributed by atoms with E-state index in [-0.39, 0.29) is 18.6 Å². The van der Waals surface area contributed by atoms with Crippen molar-refractivity contribution >= 4 is 23.3 Å². The Morgan fingerprint density at radius 1 is 0.966 bits per heavy atom. The van der Waals surface area contributed by atoms with E-state index in [1.807, 2.05) is 19.9 Å². The molecule has 154 valence electrons. The molecule has 2 aromatic carbocycles. The molecular formula is C21H20F3NO4. The summed E-state index contributed by atoms with van der Waals surface area (Å²) in [5, 5.41) is 2.07. The van der Waals surface area contributed by atoms with Crippen LogP contribution in [0.2, 0.25) is 0 Å². The fourth-order valence-electron chi connectivity index (χ4n) is 2.52. The molecule has 8 heteroatoms. The third-order valence-electron chi connectivity index (χ3n) is 4.26. The lowest BCUT2D eigenvalue weighted by Crippen LogP contribution is -2.23. The van der Waals surface area contributed by atoms with Gasteiger partial charge in [-0.1, -0.05) is 24.3 Å². The van der Waals surface area contributed by atoms with E-state index >= 15 is 0 Å². The molecule has 0 saturated carbocycles. The highest BCUT2D eigenvalue weighted by Crippen LogP contribution is 2.34. The van der Waals surface area contributed by atoms with Crippen LogP contribution in [0.15, 0.2) is 42.5 Å². The molecule has 5 nitrogen and oxygen atoms in total. The molecule has 29 heavy (non-hydrogen) atoms. The predicted molar refractivity (Wildman–Crippen MR) is 101 cm³/mol. The third kappa shape index (κ3) is 6.44. The number of aryl methyl sites for hydroxylation is 2. The van der Waals surface area contributed by atoms with Gasteiger partial charge in [-0.25, -0.2) is 0 Å². The van der Waals surface area contributed by atoms with Gasteiger partial charge in [0.1, 0.15) is 0 Å². The van der Waals surface area contributed by atoms with Crippen molar-refractivity contribution < 1.29 is 32.3 Å². The highest BCUT2D eigenvalue weighted by Gasteiger charge is 2.33. The number of hydrogen-bond acceptors (Lipinski definition) is 4. The van der Waals surface area contributed by atoms with Crippen LogP contribution in [-0.2, 0) is 20.5 Å². The minimum atomic E-state index is -4.63. The summed E-state index contributed by atoms with van der Waals surface area (Å²) < 4.78 is 43.5. The molecule has 2 rings (SSSR count). The van der Waals surface area contributed by atoms with Crippen molar-refractivity contribution in [2.45, 2.75) is 32.9 Å². The second kappa shape index (κ2) is 9.36. The summed E-state index contributed by atoms with van der Waals surface area (Å²) >= 11 is 0. The van der Waals surface area contributed by atoms with Crippen LogP contribution in [-0.4, -0.2) is 24.3 Å². The van der Waals surface area contributed by atoms with Crippen molar-refractivity contribution in [1.82, 2.24) is 0 Å². The summed E-state index contributed by atoms with van der Waals surface area (Å²) in [6.45, 7) is 3.04. The number of anilines is 1. The summed E-state index contributed by atoms with van der Waals surface area (Å²) in [7, 11) is 0. The maximum Gasteiger partial charge on any atom is 0.418 e. The number of carbonyl (C=O) groups excluding carboxylic acids is 3. The fraction of sp³-hybridized carbons (Fsp3) is 0.286. The molecule has 0 bridgehead atoms. The quantitative estimate of drug-likeness (QED) is 0.543. The van der Waals surface area contributed by atoms with Gasteiger partial charge in [-0.3, -0.25) is 14.4 Å². The van der Waals surface area contributed by atoms with Crippen molar-refractivity contribution in [3.63, 3.8) is 0 Å². The second-order valence-corrected chi connectivity index (χ2v) is 6.47. The van der Waals surface area contributed by atoms with Gasteiger partial charge in [-0.05, 0) is 43.2 Å². The fourth-order valence-corrected chi connectivity index (χ4v) is 2.52. The van der Waals surface area contributed by atoms with Gasteiger partial charge in [-0.15, -0.1) is 0 Å². The number of ether oxygens (including phenoxy) is 1. The Kier molecular flexibility index (Phi) is 7.14. The van der Waals surface area contributed by atoms with E-state index in [9.17, 15) is 27.6 Å². The van der Waals surface area contributed by atoms with Gasteiger partial charge >= 0.3 is 12.1 Å². The van der Waals surface area contributed by atoms with E-state index in [4.69, 9.17) is 4.74 Å². The Morgan fingerprint density at radius 3 is 2.31 bits per heavy atom. The molecule has 0 heterocycles. The van der Waals surface area contributed by atoms with Crippen LogP contribution in [0.1, 0.15) is 39.9 Å². The molecule has 0 aliphatic carbocycles. The summed E-state index contributed by atoms with van der Waals surface area (Å²) in [6.07, 6.45) is -4.96. The van der Waals surface area contributed by atoms with Gasteiger partial charge in [-0.2, -0.15) is 13.2 Å². The topological polar surface area (TPSA) is 72.5 Å². The van der Waals surface area contributed by atoms with Crippen molar-refractivity contribution in [2.75, 3.05) is 11.9 Å². The van der Waals surface area contributed by atoms with Crippen LogP contribution in [0.4, 0.5) is 18.9 Å². The van der Waals surface area contributed by atoms with Crippen LogP contribution in [0, 0.1) is 13.8 Å². The number of nitrogens with one attached hydrogen (secondary N) is 1. The maximum atomic E-state index is 12.9. The van der Waals surface area contributed by atoms with E-state index in [0.29, 0.717) is 5.56 Å². The minimum Gasteiger partial charge on any atom is -0.456 e. The monoisotopic (exact) mass is 407 g/mol. The molecule has 0 fully saturated rings. The number of benzene rings is 2. The van der Waals surface area contributed by atoms with E-state index < -0.39 is 35.9 Å². The predicted octanol–water partition coefficient (Wildman–Crippen LogP) is 4.47. The molecule has 0 aliphatic heterocycles. The summed E-state index contributed by atoms with van der Waals surface area (Å²) in [5.74, 6) is -1.94. The number of hydrogen-bond donors (Lipinski definition) is 1. The number of esters is 1. The summed E-state index contributed by atoms with van der Waals surface area (Å²) in [4.78, 5) is 35.7. The average Bonchev–Trinajstić information content (AvgIpc) is 2.66. The number of rotatable bonds is 7. The van der Waals surface area contributed by atoms with Crippen LogP contribution in [0.3, 0.4) is 0 Å². The molecule has 0 saturated heterocycles. The smallest absolute Gasteiger partial charge is 0.418 e. The Balaban J connectivity index is 1.83. The first-order valence-electron chi connectivity index (χ1n) is 8.80. The van der Waals surface area contributed by atoms with E-state index in [1.165, 1.54) is 12.1 Å². The highest BCUT2D eigenvalue weighted by atomic mass is 19.4. The van der Waals surface area contributed by atoms with Crippen molar-refractivity contribution in [1.29, 1.82) is 0 Å². The number of ketones is 1. The molecule has 0 aromatic heterocycles. The van der Waals surface area contributed by atoms with Crippen LogP contribution >= 0.6 is 0 Å². The zero-order valence-electron chi connectivity index (χ0n) is 15.9. The van der Waals surface area contributed by atoms with Gasteiger partial charge in [0.15, 0.2) is 12.4 Å². The molecule has 0 unspecified atom stereocenters. The number of halogens is 3. The van der Waals surface area contributed by atoms with Crippen molar-refractivity contribution in [3.8, 4) is 0 Å². The molecule has 1 N–H and O–H groups in total. The average molecular weight is 407 g/mol. The maximum absolute atomic E-state index is 12.9. The Hall–Kier alpha value is -3.16. The van der Waals surface area contributed by atoms with Gasteiger partial charge in [0.05, 0.1) is 17.7 Å². The Bertz CT molecular complexity index is 922. The SMILES string of the molecule is Cc1ccc(C(=O)CCC(=O)OCC(=O)Nc2ccccc2C(F)(F)F)cc1C. The van der Waals surface area contributed by atoms with Gasteiger partial charge in [0, 0.05) is 12.0 Å². The molecule has 0 radical (unpaired) electrons. The zero-order valence-corrected chi connectivity index (χ0v) is 15.9. The first-order valence-corrected chi connectivity index (χ1v) is 8.80. The zero-order chi connectivity index (χ0) is 21.6. The summed E-state index contributed by atoms with van der Waals surface area (Å²) in [6, 6.07) is 9.69. The number of Topliss-reactive ketones (excluding diaryl/α,β-unsaturated/α-hetero) is 1. The summed E-state index contributed by atoms with van der Waals surface area (Å²) in [5.41, 5.74) is 1.04. The van der Waals surface area contributed by atoms with Crippen molar-refractivity contribution in [2.24, 2.45) is 0 Å². The molecule has 0 atom stereocenters. The third-order valence-corrected chi connectivity index (χ3v) is 4.26. The van der Waals surface area contributed by atoms with Crippen molar-refractivity contribution in [3.05, 3.63) is 64.7 Å². The lowest BCUT2D eigenvalue weighted by atomic mass is 10.0. The molecule has 0 aliphatic rings. The van der Waals surface area contributed by atoms with E-state index in [2.05, 4.69) is 5.32 Å². The van der Waals surface area contributed by atoms with Crippen LogP contribution in [0.5, 0.6) is 0 Å². The lowest BCUT2D eigenvalue weighted by molar-refractivity contribution is -0.147. The first kappa shape index (κ1) is 22.1. The lowest BCUT2D eigenvalue weighted by Gasteiger charge is -2.13. The second-order valence-electron chi connectivity index (χ2n) is 6.47. The normalized spacial score (nSPS) is 11.1. The molecular weight excluding hydrogens is 387 g/mol. The number of para-hydroxylation sites is 1. The minimum absolute atomic E-state index is 0.0974. The Morgan fingerprint density at radius 2 is 1.66 bits per heavy atom. The van der Waals surface area contributed by atoms with Gasteiger partial charge in [0.2, 0.25) is 0 Å². The largest absolute Gasteiger partial charge is 0.456 e. The Labute approximate surface area is 165 Å². The van der Waals surface area contributed by atoms with Gasteiger partial charge < -0.3 is 10.1 Å². The highest BCUT2D eigenvalue weighted by molar-refractivity contribution is 5.98. The van der Waals surface area contributed by atoms with Crippen LogP contribution < -0.4 is 5.32 Å². The molecule has 0 spiro atoms. The van der Waals surface area contributed by atoms with Gasteiger partial charge in [0.25, 0.3) is 5.91 Å².